The van der Waals surface area contributed by atoms with E-state index in [1.165, 1.54) is 10.8 Å². The molecule has 3 heterocycles. The number of hydrogen-bond acceptors (Lipinski definition) is 8. The molecule has 1 amide bonds. The number of amides is 1. The van der Waals surface area contributed by atoms with E-state index in [-0.39, 0.29) is 23.2 Å². The van der Waals surface area contributed by atoms with Crippen molar-refractivity contribution in [2.45, 2.75) is 40.2 Å². The SMILES string of the molecule is CC(C)COC(=O)Nc1nc(NC(C)(C)C)nc2nc(-c3ccco3)nn12. The Balaban J connectivity index is 1.98. The summed E-state index contributed by atoms with van der Waals surface area (Å²) in [4.78, 5) is 25.2. The van der Waals surface area contributed by atoms with Gasteiger partial charge in [0.25, 0.3) is 5.78 Å². The van der Waals surface area contributed by atoms with Crippen LogP contribution in [0.1, 0.15) is 34.6 Å². The van der Waals surface area contributed by atoms with E-state index < -0.39 is 6.09 Å². The summed E-state index contributed by atoms with van der Waals surface area (Å²) < 4.78 is 11.8. The molecule has 3 aromatic rings. The summed E-state index contributed by atoms with van der Waals surface area (Å²) in [5.41, 5.74) is -0.280. The fourth-order valence-corrected chi connectivity index (χ4v) is 2.14. The number of aromatic nitrogens is 5. The fraction of sp³-hybridized carbons (Fsp3) is 0.471. The van der Waals surface area contributed by atoms with Gasteiger partial charge in [0, 0.05) is 5.54 Å². The summed E-state index contributed by atoms with van der Waals surface area (Å²) in [6.45, 7) is 10.1. The van der Waals surface area contributed by atoms with Crippen LogP contribution in [0.4, 0.5) is 16.7 Å². The Morgan fingerprint density at radius 1 is 1.30 bits per heavy atom. The topological polar surface area (TPSA) is 119 Å². The molecule has 0 atom stereocenters. The number of furan rings is 1. The number of hydrogen-bond donors (Lipinski definition) is 2. The Labute approximate surface area is 156 Å². The van der Waals surface area contributed by atoms with Crippen molar-refractivity contribution in [2.24, 2.45) is 5.92 Å². The van der Waals surface area contributed by atoms with Crippen LogP contribution >= 0.6 is 0 Å². The van der Waals surface area contributed by atoms with Gasteiger partial charge in [0.15, 0.2) is 5.76 Å². The highest BCUT2D eigenvalue weighted by Gasteiger charge is 2.19. The number of nitrogens with zero attached hydrogens (tertiary/aromatic N) is 5. The maximum Gasteiger partial charge on any atom is 0.414 e. The number of fused-ring (bicyclic) bond motifs is 1. The summed E-state index contributed by atoms with van der Waals surface area (Å²) in [5, 5.41) is 10.1. The molecule has 0 saturated carbocycles. The van der Waals surface area contributed by atoms with Crippen LogP contribution in [0.3, 0.4) is 0 Å². The molecule has 27 heavy (non-hydrogen) atoms. The van der Waals surface area contributed by atoms with E-state index in [4.69, 9.17) is 9.15 Å². The summed E-state index contributed by atoms with van der Waals surface area (Å²) >= 11 is 0. The minimum Gasteiger partial charge on any atom is -0.461 e. The zero-order valence-electron chi connectivity index (χ0n) is 16.0. The van der Waals surface area contributed by atoms with E-state index >= 15 is 0 Å². The van der Waals surface area contributed by atoms with Gasteiger partial charge in [-0.05, 0) is 38.8 Å². The maximum absolute atomic E-state index is 12.1. The Morgan fingerprint density at radius 3 is 2.70 bits per heavy atom. The highest BCUT2D eigenvalue weighted by Crippen LogP contribution is 2.20. The lowest BCUT2D eigenvalue weighted by molar-refractivity contribution is 0.147. The molecule has 0 fully saturated rings. The van der Waals surface area contributed by atoms with Gasteiger partial charge in [0.05, 0.1) is 12.9 Å². The molecule has 0 radical (unpaired) electrons. The Kier molecular flexibility index (Phi) is 4.98. The third kappa shape index (κ3) is 4.72. The highest BCUT2D eigenvalue weighted by molar-refractivity contribution is 5.82. The predicted octanol–water partition coefficient (Wildman–Crippen LogP) is 3.19. The molecule has 0 aliphatic rings. The van der Waals surface area contributed by atoms with Gasteiger partial charge in [-0.15, -0.1) is 5.10 Å². The van der Waals surface area contributed by atoms with Gasteiger partial charge in [0.1, 0.15) is 0 Å². The minimum absolute atomic E-state index is 0.144. The zero-order chi connectivity index (χ0) is 19.6. The first-order chi connectivity index (χ1) is 12.7. The molecule has 0 aromatic carbocycles. The lowest BCUT2D eigenvalue weighted by Crippen LogP contribution is -2.28. The van der Waals surface area contributed by atoms with E-state index in [1.807, 2.05) is 34.6 Å². The molecule has 3 aromatic heterocycles. The second-order valence-corrected chi connectivity index (χ2v) is 7.49. The van der Waals surface area contributed by atoms with Gasteiger partial charge in [-0.2, -0.15) is 19.5 Å². The Bertz CT molecular complexity index is 926. The lowest BCUT2D eigenvalue weighted by atomic mass is 10.1. The molecule has 0 aliphatic heterocycles. The van der Waals surface area contributed by atoms with Gasteiger partial charge in [-0.3, -0.25) is 5.32 Å². The number of rotatable bonds is 5. The minimum atomic E-state index is -0.625. The molecule has 10 heteroatoms. The number of nitrogens with one attached hydrogen (secondary N) is 2. The van der Waals surface area contributed by atoms with Crippen LogP contribution in [0.25, 0.3) is 17.4 Å². The van der Waals surface area contributed by atoms with Gasteiger partial charge in [0.2, 0.25) is 17.7 Å². The van der Waals surface area contributed by atoms with Crippen LogP contribution in [0, 0.1) is 5.92 Å². The third-order valence-electron chi connectivity index (χ3n) is 3.20. The third-order valence-corrected chi connectivity index (χ3v) is 3.20. The number of carbonyl (C=O) groups is 1. The van der Waals surface area contributed by atoms with Crippen molar-refractivity contribution < 1.29 is 13.9 Å². The number of carbonyl (C=O) groups excluding carboxylic acids is 1. The second-order valence-electron chi connectivity index (χ2n) is 7.49. The highest BCUT2D eigenvalue weighted by atomic mass is 16.5. The van der Waals surface area contributed by atoms with Gasteiger partial charge >= 0.3 is 6.09 Å². The predicted molar refractivity (Wildman–Crippen MR) is 99.5 cm³/mol. The van der Waals surface area contributed by atoms with Crippen molar-refractivity contribution in [3.8, 4) is 11.6 Å². The van der Waals surface area contributed by atoms with E-state index in [0.717, 1.165) is 0 Å². The van der Waals surface area contributed by atoms with Crippen LogP contribution in [0.15, 0.2) is 22.8 Å². The number of ether oxygens (including phenoxy) is 1. The van der Waals surface area contributed by atoms with E-state index in [0.29, 0.717) is 24.1 Å². The normalized spacial score (nSPS) is 11.8. The zero-order valence-corrected chi connectivity index (χ0v) is 16.0. The quantitative estimate of drug-likeness (QED) is 0.700. The van der Waals surface area contributed by atoms with Gasteiger partial charge in [-0.1, -0.05) is 13.8 Å². The monoisotopic (exact) mass is 373 g/mol. The smallest absolute Gasteiger partial charge is 0.414 e. The molecule has 2 N–H and O–H groups in total. The first-order valence-electron chi connectivity index (χ1n) is 8.62. The first-order valence-corrected chi connectivity index (χ1v) is 8.62. The van der Waals surface area contributed by atoms with Crippen molar-refractivity contribution in [3.63, 3.8) is 0 Å². The van der Waals surface area contributed by atoms with Gasteiger partial charge in [-0.25, -0.2) is 4.79 Å². The molecule has 0 saturated heterocycles. The van der Waals surface area contributed by atoms with Crippen LogP contribution in [-0.2, 0) is 4.74 Å². The van der Waals surface area contributed by atoms with Gasteiger partial charge < -0.3 is 14.5 Å². The maximum atomic E-state index is 12.1. The number of anilines is 2. The van der Waals surface area contributed by atoms with Crippen LogP contribution in [0.5, 0.6) is 0 Å². The molecule has 0 spiro atoms. The summed E-state index contributed by atoms with van der Waals surface area (Å²) in [5.74, 6) is 1.76. The Morgan fingerprint density at radius 2 is 2.07 bits per heavy atom. The molecular formula is C17H23N7O3. The molecule has 0 bridgehead atoms. The first kappa shape index (κ1) is 18.6. The fourth-order valence-electron chi connectivity index (χ4n) is 2.14. The molecule has 0 aliphatic carbocycles. The molecule has 144 valence electrons. The van der Waals surface area contributed by atoms with Crippen LogP contribution in [-0.4, -0.2) is 42.8 Å². The van der Waals surface area contributed by atoms with Crippen molar-refractivity contribution in [1.82, 2.24) is 24.6 Å². The molecule has 3 rings (SSSR count). The van der Waals surface area contributed by atoms with Crippen molar-refractivity contribution in [2.75, 3.05) is 17.2 Å². The lowest BCUT2D eigenvalue weighted by Gasteiger charge is -2.20. The van der Waals surface area contributed by atoms with E-state index in [9.17, 15) is 4.79 Å². The average molecular weight is 373 g/mol. The average Bonchev–Trinajstić information content (AvgIpc) is 3.20. The van der Waals surface area contributed by atoms with E-state index in [2.05, 4.69) is 30.7 Å². The van der Waals surface area contributed by atoms with Crippen molar-refractivity contribution >= 4 is 23.8 Å². The summed E-state index contributed by atoms with van der Waals surface area (Å²) in [6, 6.07) is 3.47. The second kappa shape index (κ2) is 7.22. The summed E-state index contributed by atoms with van der Waals surface area (Å²) in [6.07, 6.45) is 0.905. The standard InChI is InChI=1S/C17H23N7O3/c1-10(2)9-27-16(25)21-15-20-13(22-17(3,4)5)19-14-18-12(23-24(14)15)11-7-6-8-26-11/h6-8,10H,9H2,1-5H3,(H2,18,19,20,21,22,23,25). The van der Waals surface area contributed by atoms with Crippen molar-refractivity contribution in [3.05, 3.63) is 18.4 Å². The Hall–Kier alpha value is -3.17. The molecule has 0 unspecified atom stereocenters. The molecular weight excluding hydrogens is 350 g/mol. The van der Waals surface area contributed by atoms with Crippen LogP contribution in [0.2, 0.25) is 0 Å². The van der Waals surface area contributed by atoms with Crippen LogP contribution < -0.4 is 10.6 Å². The summed E-state index contributed by atoms with van der Waals surface area (Å²) in [7, 11) is 0. The molecule has 10 nitrogen and oxygen atoms in total. The largest absolute Gasteiger partial charge is 0.461 e. The van der Waals surface area contributed by atoms with E-state index in [1.54, 1.807) is 12.1 Å². The van der Waals surface area contributed by atoms with Crippen molar-refractivity contribution in [1.29, 1.82) is 0 Å².